The first kappa shape index (κ1) is 34.4. The fraction of sp³-hybridized carbons (Fsp3) is 0.0536. The Balaban J connectivity index is 1.01. The van der Waals surface area contributed by atoms with E-state index in [9.17, 15) is 0 Å². The maximum absolute atomic E-state index is 5.32. The molecule has 0 atom stereocenters. The van der Waals surface area contributed by atoms with E-state index in [1.54, 1.807) is 0 Å². The van der Waals surface area contributed by atoms with Crippen LogP contribution in [-0.4, -0.2) is 14.1 Å². The Labute approximate surface area is 348 Å². The number of imidazole rings is 1. The van der Waals surface area contributed by atoms with Gasteiger partial charge in [0.1, 0.15) is 5.82 Å². The monoisotopic (exact) mass is 768 g/mol. The first-order valence-electron chi connectivity index (χ1n) is 20.7. The number of fused-ring (bicyclic) bond motifs is 8. The van der Waals surface area contributed by atoms with Crippen LogP contribution in [0.2, 0.25) is 0 Å². The SMILES string of the molecule is CC1(C)c2cc3cc(N(c4ccccc4)c4ccc5c(c4)c4ccccc4n5-c4ccccc4)ccc3cc2-c2cc3c(cc21)nc(-c1ccccc1)n3-c1ccccc1. The van der Waals surface area contributed by atoms with Gasteiger partial charge in [-0.05, 0) is 130 Å². The van der Waals surface area contributed by atoms with Crippen molar-refractivity contribution in [3.8, 4) is 33.9 Å². The second kappa shape index (κ2) is 13.2. The van der Waals surface area contributed by atoms with Crippen LogP contribution >= 0.6 is 0 Å². The molecule has 1 aliphatic rings. The highest BCUT2D eigenvalue weighted by Gasteiger charge is 2.37. The van der Waals surface area contributed by atoms with Gasteiger partial charge >= 0.3 is 0 Å². The minimum Gasteiger partial charge on any atom is -0.310 e. The number of para-hydroxylation sites is 4. The molecule has 4 nitrogen and oxygen atoms in total. The summed E-state index contributed by atoms with van der Waals surface area (Å²) in [6.07, 6.45) is 0. The molecule has 0 radical (unpaired) electrons. The van der Waals surface area contributed by atoms with Crippen molar-refractivity contribution in [2.24, 2.45) is 0 Å². The summed E-state index contributed by atoms with van der Waals surface area (Å²) < 4.78 is 4.69. The molecule has 284 valence electrons. The molecule has 60 heavy (non-hydrogen) atoms. The van der Waals surface area contributed by atoms with E-state index in [4.69, 9.17) is 4.98 Å². The van der Waals surface area contributed by atoms with Crippen LogP contribution in [0.3, 0.4) is 0 Å². The summed E-state index contributed by atoms with van der Waals surface area (Å²) in [5.41, 5.74) is 16.2. The zero-order valence-corrected chi connectivity index (χ0v) is 33.4. The van der Waals surface area contributed by atoms with Crippen LogP contribution in [0, 0.1) is 0 Å². The molecule has 0 saturated heterocycles. The maximum Gasteiger partial charge on any atom is 0.145 e. The number of hydrogen-bond donors (Lipinski definition) is 0. The Morgan fingerprint density at radius 1 is 0.417 bits per heavy atom. The molecule has 0 bridgehead atoms. The lowest BCUT2D eigenvalue weighted by molar-refractivity contribution is 0.662. The molecule has 0 fully saturated rings. The molecule has 2 aromatic heterocycles. The van der Waals surface area contributed by atoms with Gasteiger partial charge in [0.05, 0.1) is 22.1 Å². The average molecular weight is 769 g/mol. The van der Waals surface area contributed by atoms with Crippen LogP contribution in [0.4, 0.5) is 17.1 Å². The first-order chi connectivity index (χ1) is 29.5. The lowest BCUT2D eigenvalue weighted by Crippen LogP contribution is -2.15. The number of benzene rings is 9. The molecule has 0 unspecified atom stereocenters. The van der Waals surface area contributed by atoms with E-state index in [2.05, 4.69) is 234 Å². The molecule has 1 aliphatic carbocycles. The fourth-order valence-corrected chi connectivity index (χ4v) is 9.77. The largest absolute Gasteiger partial charge is 0.310 e. The predicted molar refractivity (Wildman–Crippen MR) is 251 cm³/mol. The molecule has 9 aromatic carbocycles. The van der Waals surface area contributed by atoms with E-state index in [1.165, 1.54) is 54.8 Å². The third-order valence-corrected chi connectivity index (χ3v) is 12.6. The Hall–Kier alpha value is -7.69. The van der Waals surface area contributed by atoms with Crippen LogP contribution in [0.5, 0.6) is 0 Å². The van der Waals surface area contributed by atoms with Gasteiger partial charge in [-0.3, -0.25) is 4.57 Å². The van der Waals surface area contributed by atoms with Crippen molar-refractivity contribution in [2.45, 2.75) is 19.3 Å². The molecule has 4 heteroatoms. The molecular formula is C56H40N4. The second-order valence-electron chi connectivity index (χ2n) is 16.5. The van der Waals surface area contributed by atoms with Crippen LogP contribution in [0.25, 0.3) is 77.5 Å². The van der Waals surface area contributed by atoms with Gasteiger partial charge in [0.2, 0.25) is 0 Å². The molecule has 0 spiro atoms. The standard InChI is InChI=1S/C56H40N4/c1-56(2)49-33-39-31-43(58(40-19-9-4-10-20-40)44-29-30-53-48(34-44)45-25-15-16-26-52(45)59(53)41-21-11-5-12-22-41)28-27-38(39)32-46(49)47-35-54-51(36-50(47)56)57-55(37-17-7-3-8-18-37)60(54)42-23-13-6-14-24-42/h3-36H,1-2H3. The summed E-state index contributed by atoms with van der Waals surface area (Å²) in [5, 5.41) is 4.90. The van der Waals surface area contributed by atoms with Crippen molar-refractivity contribution in [2.75, 3.05) is 4.90 Å². The molecule has 2 heterocycles. The molecule has 0 amide bonds. The highest BCUT2D eigenvalue weighted by atomic mass is 15.1. The van der Waals surface area contributed by atoms with E-state index < -0.39 is 0 Å². The Morgan fingerprint density at radius 3 is 1.75 bits per heavy atom. The quantitative estimate of drug-likeness (QED) is 0.168. The lowest BCUT2D eigenvalue weighted by Gasteiger charge is -2.26. The third kappa shape index (κ3) is 5.20. The molecule has 12 rings (SSSR count). The summed E-state index contributed by atoms with van der Waals surface area (Å²) >= 11 is 0. The molecular weight excluding hydrogens is 729 g/mol. The molecule has 0 aliphatic heterocycles. The van der Waals surface area contributed by atoms with Gasteiger partial charge in [0.15, 0.2) is 0 Å². The van der Waals surface area contributed by atoms with E-state index in [0.717, 1.165) is 50.9 Å². The molecule has 11 aromatic rings. The number of rotatable bonds is 6. The lowest BCUT2D eigenvalue weighted by atomic mass is 9.81. The molecule has 0 saturated carbocycles. The van der Waals surface area contributed by atoms with Crippen LogP contribution in [-0.2, 0) is 5.41 Å². The van der Waals surface area contributed by atoms with E-state index in [0.29, 0.717) is 0 Å². The smallest absolute Gasteiger partial charge is 0.145 e. The summed E-state index contributed by atoms with van der Waals surface area (Å²) in [6, 6.07) is 74.7. The molecule has 0 N–H and O–H groups in total. The van der Waals surface area contributed by atoms with Crippen molar-refractivity contribution >= 4 is 60.7 Å². The number of hydrogen-bond acceptors (Lipinski definition) is 2. The van der Waals surface area contributed by atoms with Gasteiger partial charge in [0.25, 0.3) is 0 Å². The van der Waals surface area contributed by atoms with Crippen molar-refractivity contribution < 1.29 is 0 Å². The van der Waals surface area contributed by atoms with Gasteiger partial charge in [-0.1, -0.05) is 123 Å². The second-order valence-corrected chi connectivity index (χ2v) is 16.5. The number of aromatic nitrogens is 3. The number of anilines is 3. The number of nitrogens with zero attached hydrogens (tertiary/aromatic N) is 4. The summed E-state index contributed by atoms with van der Waals surface area (Å²) in [5.74, 6) is 0.952. The van der Waals surface area contributed by atoms with Gasteiger partial charge in [-0.25, -0.2) is 4.98 Å². The minimum absolute atomic E-state index is 0.219. The summed E-state index contributed by atoms with van der Waals surface area (Å²) in [6.45, 7) is 4.73. The fourth-order valence-electron chi connectivity index (χ4n) is 9.77. The maximum atomic E-state index is 5.32. The van der Waals surface area contributed by atoms with E-state index in [1.807, 2.05) is 0 Å². The predicted octanol–water partition coefficient (Wildman–Crippen LogP) is 14.7. The van der Waals surface area contributed by atoms with Gasteiger partial charge in [-0.15, -0.1) is 0 Å². The Bertz CT molecular complexity index is 3440. The highest BCUT2D eigenvalue weighted by Crippen LogP contribution is 2.52. The van der Waals surface area contributed by atoms with Crippen LogP contribution in [0.1, 0.15) is 25.0 Å². The highest BCUT2D eigenvalue weighted by molar-refractivity contribution is 6.11. The zero-order chi connectivity index (χ0) is 40.0. The summed E-state index contributed by atoms with van der Waals surface area (Å²) in [7, 11) is 0. The Morgan fingerprint density at radius 2 is 1.00 bits per heavy atom. The average Bonchev–Trinajstić information content (AvgIpc) is 3.91. The van der Waals surface area contributed by atoms with Gasteiger partial charge < -0.3 is 9.47 Å². The van der Waals surface area contributed by atoms with Gasteiger partial charge in [-0.2, -0.15) is 0 Å². The van der Waals surface area contributed by atoms with Crippen LogP contribution in [0.15, 0.2) is 206 Å². The minimum atomic E-state index is -0.219. The normalized spacial score (nSPS) is 13.0. The van der Waals surface area contributed by atoms with Crippen molar-refractivity contribution in [1.82, 2.24) is 14.1 Å². The van der Waals surface area contributed by atoms with Gasteiger partial charge in [0, 0.05) is 50.2 Å². The first-order valence-corrected chi connectivity index (χ1v) is 20.7. The van der Waals surface area contributed by atoms with E-state index in [-0.39, 0.29) is 5.41 Å². The van der Waals surface area contributed by atoms with Crippen molar-refractivity contribution in [3.05, 3.63) is 217 Å². The van der Waals surface area contributed by atoms with Crippen molar-refractivity contribution in [1.29, 1.82) is 0 Å². The Kier molecular flexibility index (Phi) is 7.54. The third-order valence-electron chi connectivity index (χ3n) is 12.6. The van der Waals surface area contributed by atoms with Crippen molar-refractivity contribution in [3.63, 3.8) is 0 Å². The summed E-state index contributed by atoms with van der Waals surface area (Å²) in [4.78, 5) is 7.71. The zero-order valence-electron chi connectivity index (χ0n) is 33.4. The van der Waals surface area contributed by atoms with E-state index >= 15 is 0 Å². The topological polar surface area (TPSA) is 26.0 Å². The van der Waals surface area contributed by atoms with Crippen LogP contribution < -0.4 is 4.90 Å².